The van der Waals surface area contributed by atoms with Gasteiger partial charge in [-0.3, -0.25) is 4.79 Å². The van der Waals surface area contributed by atoms with E-state index in [1.54, 1.807) is 16.2 Å². The molecule has 2 aliphatic heterocycles. The standard InChI is InChI=1S/C19H27N5OS/c1-12-13(2)26-19-16(12)18(24-9-5-14(6-10-24)17(20)25)21-15(22-19)11-23-7-3-4-8-23/h14H,3-11H2,1-2H3,(H2,20,25)/p+1. The van der Waals surface area contributed by atoms with E-state index in [-0.39, 0.29) is 11.8 Å². The molecule has 0 atom stereocenters. The Balaban J connectivity index is 1.68. The average Bonchev–Trinajstić information content (AvgIpc) is 3.23. The van der Waals surface area contributed by atoms with Crippen LogP contribution in [0.2, 0.25) is 0 Å². The van der Waals surface area contributed by atoms with Crippen molar-refractivity contribution in [1.29, 1.82) is 0 Å². The van der Waals surface area contributed by atoms with Crippen molar-refractivity contribution in [2.75, 3.05) is 31.1 Å². The fourth-order valence-corrected chi connectivity index (χ4v) is 5.27. The molecule has 2 fully saturated rings. The number of hydrogen-bond acceptors (Lipinski definition) is 5. The number of nitrogens with one attached hydrogen (secondary N) is 1. The van der Waals surface area contributed by atoms with Gasteiger partial charge in [0.15, 0.2) is 5.82 Å². The van der Waals surface area contributed by atoms with Crippen molar-refractivity contribution in [3.8, 4) is 0 Å². The number of likely N-dealkylation sites (tertiary alicyclic amines) is 1. The number of aryl methyl sites for hydroxylation is 2. The van der Waals surface area contributed by atoms with Gasteiger partial charge in [-0.25, -0.2) is 9.97 Å². The van der Waals surface area contributed by atoms with Gasteiger partial charge in [0.25, 0.3) is 0 Å². The molecule has 0 aromatic carbocycles. The molecule has 2 aromatic heterocycles. The summed E-state index contributed by atoms with van der Waals surface area (Å²) in [7, 11) is 0. The molecule has 0 aliphatic carbocycles. The Hall–Kier alpha value is -1.73. The van der Waals surface area contributed by atoms with Gasteiger partial charge in [0.05, 0.1) is 18.5 Å². The number of thiophene rings is 1. The summed E-state index contributed by atoms with van der Waals surface area (Å²) in [5.41, 5.74) is 6.79. The molecule has 2 aliphatic rings. The molecule has 3 N–H and O–H groups in total. The second-order valence-corrected chi connectivity index (χ2v) is 8.93. The molecule has 0 bridgehead atoms. The van der Waals surface area contributed by atoms with E-state index in [2.05, 4.69) is 18.7 Å². The lowest BCUT2D eigenvalue weighted by Crippen LogP contribution is -3.08. The zero-order chi connectivity index (χ0) is 18.3. The first-order chi connectivity index (χ1) is 12.5. The maximum absolute atomic E-state index is 11.5. The highest BCUT2D eigenvalue weighted by Crippen LogP contribution is 2.36. The van der Waals surface area contributed by atoms with E-state index in [0.29, 0.717) is 0 Å². The van der Waals surface area contributed by atoms with Gasteiger partial charge >= 0.3 is 0 Å². The highest BCUT2D eigenvalue weighted by molar-refractivity contribution is 7.18. The third kappa shape index (κ3) is 3.30. The number of fused-ring (bicyclic) bond motifs is 1. The highest BCUT2D eigenvalue weighted by Gasteiger charge is 2.27. The number of hydrogen-bond donors (Lipinski definition) is 2. The summed E-state index contributed by atoms with van der Waals surface area (Å²) in [4.78, 5) is 27.8. The van der Waals surface area contributed by atoms with Crippen LogP contribution in [0.15, 0.2) is 0 Å². The zero-order valence-corrected chi connectivity index (χ0v) is 16.5. The number of anilines is 1. The minimum atomic E-state index is -0.168. The van der Waals surface area contributed by atoms with Crippen LogP contribution in [0.4, 0.5) is 5.82 Å². The normalized spacial score (nSPS) is 19.5. The molecule has 0 radical (unpaired) electrons. The Labute approximate surface area is 158 Å². The molecule has 2 aromatic rings. The first-order valence-electron chi connectivity index (χ1n) is 9.67. The topological polar surface area (TPSA) is 76.6 Å². The molecule has 7 heteroatoms. The number of carbonyl (C=O) groups excluding carboxylic acids is 1. The Morgan fingerprint density at radius 3 is 2.58 bits per heavy atom. The smallest absolute Gasteiger partial charge is 0.220 e. The van der Waals surface area contributed by atoms with Crippen LogP contribution in [0.25, 0.3) is 10.2 Å². The number of rotatable bonds is 4. The predicted molar refractivity (Wildman–Crippen MR) is 105 cm³/mol. The van der Waals surface area contributed by atoms with Crippen molar-refractivity contribution >= 4 is 33.3 Å². The van der Waals surface area contributed by atoms with Crippen LogP contribution in [0.5, 0.6) is 0 Å². The summed E-state index contributed by atoms with van der Waals surface area (Å²) in [6, 6.07) is 0. The van der Waals surface area contributed by atoms with E-state index in [1.807, 2.05) is 0 Å². The summed E-state index contributed by atoms with van der Waals surface area (Å²) in [5.74, 6) is 1.86. The van der Waals surface area contributed by atoms with Gasteiger partial charge in [-0.05, 0) is 32.3 Å². The SMILES string of the molecule is Cc1sc2nc(C[NH+]3CCCC3)nc(N3CCC(C(N)=O)CC3)c2c1C. The average molecular weight is 375 g/mol. The number of aromatic nitrogens is 2. The first-order valence-corrected chi connectivity index (χ1v) is 10.5. The number of amides is 1. The second kappa shape index (κ2) is 7.12. The van der Waals surface area contributed by atoms with Crippen molar-refractivity contribution in [3.05, 3.63) is 16.3 Å². The van der Waals surface area contributed by atoms with Crippen molar-refractivity contribution in [3.63, 3.8) is 0 Å². The minimum absolute atomic E-state index is 0.00222. The molecular formula is C19H28N5OS+. The van der Waals surface area contributed by atoms with E-state index < -0.39 is 0 Å². The van der Waals surface area contributed by atoms with Crippen molar-refractivity contribution in [2.24, 2.45) is 11.7 Å². The van der Waals surface area contributed by atoms with Crippen LogP contribution in [0.3, 0.4) is 0 Å². The summed E-state index contributed by atoms with van der Waals surface area (Å²) in [5, 5.41) is 1.20. The molecule has 0 unspecified atom stereocenters. The van der Waals surface area contributed by atoms with E-state index in [9.17, 15) is 4.79 Å². The van der Waals surface area contributed by atoms with Gasteiger partial charge in [0.2, 0.25) is 5.91 Å². The monoisotopic (exact) mass is 374 g/mol. The van der Waals surface area contributed by atoms with Crippen molar-refractivity contribution < 1.29 is 9.69 Å². The third-order valence-electron chi connectivity index (χ3n) is 5.97. The largest absolute Gasteiger partial charge is 0.369 e. The molecule has 1 amide bonds. The lowest BCUT2D eigenvalue weighted by Gasteiger charge is -2.32. The Morgan fingerprint density at radius 2 is 1.92 bits per heavy atom. The van der Waals surface area contributed by atoms with Crippen LogP contribution in [-0.4, -0.2) is 42.1 Å². The molecule has 4 rings (SSSR count). The maximum Gasteiger partial charge on any atom is 0.220 e. The summed E-state index contributed by atoms with van der Waals surface area (Å²) < 4.78 is 0. The van der Waals surface area contributed by atoms with Gasteiger partial charge < -0.3 is 15.5 Å². The summed E-state index contributed by atoms with van der Waals surface area (Å²) in [6.45, 7) is 9.37. The van der Waals surface area contributed by atoms with Gasteiger partial charge in [0.1, 0.15) is 17.2 Å². The molecule has 6 nitrogen and oxygen atoms in total. The molecule has 140 valence electrons. The quantitative estimate of drug-likeness (QED) is 0.843. The maximum atomic E-state index is 11.5. The fraction of sp³-hybridized carbons (Fsp3) is 0.632. The lowest BCUT2D eigenvalue weighted by atomic mass is 9.96. The summed E-state index contributed by atoms with van der Waals surface area (Å²) >= 11 is 1.77. The number of carbonyl (C=O) groups is 1. The number of nitrogens with zero attached hydrogens (tertiary/aromatic N) is 3. The molecule has 0 spiro atoms. The number of primary amides is 1. The van der Waals surface area contributed by atoms with Crippen molar-refractivity contribution in [1.82, 2.24) is 9.97 Å². The second-order valence-electron chi connectivity index (χ2n) is 7.72. The van der Waals surface area contributed by atoms with Crippen molar-refractivity contribution in [2.45, 2.75) is 46.1 Å². The summed E-state index contributed by atoms with van der Waals surface area (Å²) in [6.07, 6.45) is 4.25. The predicted octanol–water partition coefficient (Wildman–Crippen LogP) is 1.19. The Morgan fingerprint density at radius 1 is 1.23 bits per heavy atom. The van der Waals surface area contributed by atoms with E-state index in [4.69, 9.17) is 15.7 Å². The molecule has 2 saturated heterocycles. The van der Waals surface area contributed by atoms with E-state index in [0.717, 1.165) is 48.9 Å². The van der Waals surface area contributed by atoms with E-state index in [1.165, 1.54) is 41.8 Å². The third-order valence-corrected chi connectivity index (χ3v) is 7.07. The fourth-order valence-electron chi connectivity index (χ4n) is 4.23. The number of piperidine rings is 1. The van der Waals surface area contributed by atoms with Crippen LogP contribution in [0, 0.1) is 19.8 Å². The molecule has 26 heavy (non-hydrogen) atoms. The van der Waals surface area contributed by atoms with Crippen LogP contribution < -0.4 is 15.5 Å². The number of quaternary nitrogens is 1. The van der Waals surface area contributed by atoms with Gasteiger partial charge in [-0.2, -0.15) is 0 Å². The minimum Gasteiger partial charge on any atom is -0.369 e. The van der Waals surface area contributed by atoms with Crippen LogP contribution >= 0.6 is 11.3 Å². The van der Waals surface area contributed by atoms with E-state index >= 15 is 0 Å². The Bertz CT molecular complexity index is 819. The zero-order valence-electron chi connectivity index (χ0n) is 15.7. The first kappa shape index (κ1) is 17.7. The van der Waals surface area contributed by atoms with Gasteiger partial charge in [0, 0.05) is 36.7 Å². The number of nitrogens with two attached hydrogens (primary N) is 1. The molecule has 4 heterocycles. The van der Waals surface area contributed by atoms with Crippen LogP contribution in [0.1, 0.15) is 41.9 Å². The Kier molecular flexibility index (Phi) is 4.84. The van der Waals surface area contributed by atoms with Gasteiger partial charge in [-0.15, -0.1) is 11.3 Å². The molecular weight excluding hydrogens is 346 g/mol. The highest BCUT2D eigenvalue weighted by atomic mass is 32.1. The van der Waals surface area contributed by atoms with Gasteiger partial charge in [-0.1, -0.05) is 0 Å². The van der Waals surface area contributed by atoms with Crippen LogP contribution in [-0.2, 0) is 11.3 Å². The molecule has 0 saturated carbocycles. The lowest BCUT2D eigenvalue weighted by molar-refractivity contribution is -0.902.